The van der Waals surface area contributed by atoms with Crippen molar-refractivity contribution in [2.45, 2.75) is 11.8 Å². The van der Waals surface area contributed by atoms with E-state index < -0.39 is 23.8 Å². The summed E-state index contributed by atoms with van der Waals surface area (Å²) >= 11 is 0. The Balaban J connectivity index is 1.79. The number of cyclic esters (lactones) is 2. The van der Waals surface area contributed by atoms with E-state index in [1.807, 2.05) is 72.8 Å². The van der Waals surface area contributed by atoms with E-state index in [4.69, 9.17) is 4.74 Å². The Bertz CT molecular complexity index is 698. The fraction of sp³-hybridized carbons (Fsp3) is 0.200. The second kappa shape index (κ2) is 5.51. The average Bonchev–Trinajstić information content (AvgIpc) is 2.91. The normalized spacial score (nSPS) is 29.2. The minimum absolute atomic E-state index is 0.111. The summed E-state index contributed by atoms with van der Waals surface area (Å²) in [6.07, 6.45) is 4.10. The molecular formula is C20H16O3. The van der Waals surface area contributed by atoms with Crippen LogP contribution in [0.25, 0.3) is 0 Å². The Hall–Kier alpha value is -2.68. The predicted molar refractivity (Wildman–Crippen MR) is 85.6 cm³/mol. The number of benzene rings is 2. The first kappa shape index (κ1) is 13.9. The number of carbonyl (C=O) groups excluding carboxylic acids is 2. The topological polar surface area (TPSA) is 43.4 Å². The van der Waals surface area contributed by atoms with Gasteiger partial charge in [0, 0.05) is 11.8 Å². The van der Waals surface area contributed by atoms with Crippen LogP contribution < -0.4 is 0 Å². The molecule has 0 saturated carbocycles. The first-order chi connectivity index (χ1) is 11.3. The maximum absolute atomic E-state index is 12.3. The smallest absolute Gasteiger partial charge is 0.318 e. The van der Waals surface area contributed by atoms with E-state index in [1.54, 1.807) is 0 Å². The van der Waals surface area contributed by atoms with Crippen LogP contribution in [0.3, 0.4) is 0 Å². The van der Waals surface area contributed by atoms with Gasteiger partial charge in [-0.15, -0.1) is 0 Å². The summed E-state index contributed by atoms with van der Waals surface area (Å²) in [5.41, 5.74) is 2.08. The highest BCUT2D eigenvalue weighted by atomic mass is 16.6. The molecule has 1 aliphatic carbocycles. The molecule has 3 heteroatoms. The largest absolute Gasteiger partial charge is 0.393 e. The minimum Gasteiger partial charge on any atom is -0.393 e. The average molecular weight is 304 g/mol. The number of allylic oxidation sites excluding steroid dienone is 2. The van der Waals surface area contributed by atoms with Crippen LogP contribution in [0.5, 0.6) is 0 Å². The molecule has 23 heavy (non-hydrogen) atoms. The lowest BCUT2D eigenvalue weighted by atomic mass is 9.68. The van der Waals surface area contributed by atoms with Gasteiger partial charge < -0.3 is 4.74 Å². The van der Waals surface area contributed by atoms with Crippen LogP contribution in [-0.4, -0.2) is 11.9 Å². The number of fused-ring (bicyclic) bond motifs is 1. The van der Waals surface area contributed by atoms with Gasteiger partial charge in [-0.3, -0.25) is 9.59 Å². The summed E-state index contributed by atoms with van der Waals surface area (Å²) in [6.45, 7) is 0. The van der Waals surface area contributed by atoms with Gasteiger partial charge in [0.15, 0.2) is 0 Å². The Morgan fingerprint density at radius 2 is 1.00 bits per heavy atom. The maximum Gasteiger partial charge on any atom is 0.318 e. The Labute approximate surface area is 134 Å². The van der Waals surface area contributed by atoms with Crippen molar-refractivity contribution in [3.05, 3.63) is 83.9 Å². The molecule has 1 saturated heterocycles. The van der Waals surface area contributed by atoms with E-state index in [1.165, 1.54) is 0 Å². The fourth-order valence-corrected chi connectivity index (χ4v) is 3.73. The summed E-state index contributed by atoms with van der Waals surface area (Å²) in [7, 11) is 0. The van der Waals surface area contributed by atoms with Crippen molar-refractivity contribution in [3.8, 4) is 0 Å². The van der Waals surface area contributed by atoms with Gasteiger partial charge in [-0.05, 0) is 11.1 Å². The highest BCUT2D eigenvalue weighted by Crippen LogP contribution is 2.48. The summed E-state index contributed by atoms with van der Waals surface area (Å²) < 4.78 is 4.99. The Kier molecular flexibility index (Phi) is 3.34. The summed E-state index contributed by atoms with van der Waals surface area (Å²) in [5, 5.41) is 0. The SMILES string of the molecule is O=C1OC(=O)[C@H]2[C@@H]1[C@H](c1ccccc1)C=C[C@@H]2c1ccccc1. The first-order valence-corrected chi connectivity index (χ1v) is 7.79. The number of hydrogen-bond donors (Lipinski definition) is 0. The highest BCUT2D eigenvalue weighted by molar-refractivity contribution is 5.98. The van der Waals surface area contributed by atoms with Gasteiger partial charge in [-0.1, -0.05) is 72.8 Å². The predicted octanol–water partition coefficient (Wildman–Crippen LogP) is 3.44. The molecule has 2 aromatic rings. The number of esters is 2. The first-order valence-electron chi connectivity index (χ1n) is 7.79. The second-order valence-corrected chi connectivity index (χ2v) is 6.05. The molecule has 4 atom stereocenters. The van der Waals surface area contributed by atoms with Crippen molar-refractivity contribution < 1.29 is 14.3 Å². The van der Waals surface area contributed by atoms with E-state index in [0.717, 1.165) is 11.1 Å². The summed E-state index contributed by atoms with van der Waals surface area (Å²) in [4.78, 5) is 24.6. The molecule has 4 rings (SSSR count). The molecule has 1 aliphatic heterocycles. The molecule has 0 radical (unpaired) electrons. The molecule has 114 valence electrons. The van der Waals surface area contributed by atoms with Crippen LogP contribution in [0.1, 0.15) is 23.0 Å². The quantitative estimate of drug-likeness (QED) is 0.485. The molecule has 0 N–H and O–H groups in total. The molecule has 0 spiro atoms. The van der Waals surface area contributed by atoms with Gasteiger partial charge in [-0.2, -0.15) is 0 Å². The van der Waals surface area contributed by atoms with Crippen LogP contribution >= 0.6 is 0 Å². The lowest BCUT2D eigenvalue weighted by molar-refractivity contribution is -0.153. The van der Waals surface area contributed by atoms with Crippen molar-refractivity contribution in [1.82, 2.24) is 0 Å². The van der Waals surface area contributed by atoms with Crippen molar-refractivity contribution in [2.75, 3.05) is 0 Å². The number of carbonyl (C=O) groups is 2. The lowest BCUT2D eigenvalue weighted by Crippen LogP contribution is -2.31. The Morgan fingerprint density at radius 3 is 1.39 bits per heavy atom. The number of rotatable bonds is 2. The van der Waals surface area contributed by atoms with E-state index in [2.05, 4.69) is 0 Å². The number of hydrogen-bond acceptors (Lipinski definition) is 3. The van der Waals surface area contributed by atoms with Gasteiger partial charge in [0.2, 0.25) is 0 Å². The zero-order chi connectivity index (χ0) is 15.8. The van der Waals surface area contributed by atoms with Crippen LogP contribution in [0.2, 0.25) is 0 Å². The third kappa shape index (κ3) is 2.29. The fourth-order valence-electron chi connectivity index (χ4n) is 3.73. The summed E-state index contributed by atoms with van der Waals surface area (Å²) in [6, 6.07) is 19.6. The molecule has 0 unspecified atom stereocenters. The monoisotopic (exact) mass is 304 g/mol. The zero-order valence-electron chi connectivity index (χ0n) is 12.5. The molecular weight excluding hydrogens is 288 g/mol. The van der Waals surface area contributed by atoms with Crippen molar-refractivity contribution in [1.29, 1.82) is 0 Å². The molecule has 2 aliphatic rings. The molecule has 1 fully saturated rings. The van der Waals surface area contributed by atoms with Gasteiger partial charge in [0.1, 0.15) is 0 Å². The van der Waals surface area contributed by atoms with E-state index in [-0.39, 0.29) is 11.8 Å². The molecule has 0 aromatic heterocycles. The van der Waals surface area contributed by atoms with Crippen molar-refractivity contribution in [2.24, 2.45) is 11.8 Å². The summed E-state index contributed by atoms with van der Waals surface area (Å²) in [5.74, 6) is -1.92. The number of ether oxygens (including phenoxy) is 1. The van der Waals surface area contributed by atoms with Gasteiger partial charge >= 0.3 is 11.9 Å². The van der Waals surface area contributed by atoms with E-state index in [0.29, 0.717) is 0 Å². The van der Waals surface area contributed by atoms with Crippen molar-refractivity contribution >= 4 is 11.9 Å². The molecule has 3 nitrogen and oxygen atoms in total. The lowest BCUT2D eigenvalue weighted by Gasteiger charge is -2.31. The van der Waals surface area contributed by atoms with E-state index >= 15 is 0 Å². The molecule has 1 heterocycles. The van der Waals surface area contributed by atoms with Crippen LogP contribution in [-0.2, 0) is 14.3 Å². The van der Waals surface area contributed by atoms with Gasteiger partial charge in [0.25, 0.3) is 0 Å². The van der Waals surface area contributed by atoms with Gasteiger partial charge in [0.05, 0.1) is 11.8 Å². The molecule has 2 aromatic carbocycles. The Morgan fingerprint density at radius 1 is 0.609 bits per heavy atom. The second-order valence-electron chi connectivity index (χ2n) is 6.05. The van der Waals surface area contributed by atoms with Crippen LogP contribution in [0.4, 0.5) is 0 Å². The van der Waals surface area contributed by atoms with E-state index in [9.17, 15) is 9.59 Å². The zero-order valence-corrected chi connectivity index (χ0v) is 12.5. The third-order valence-corrected chi connectivity index (χ3v) is 4.80. The third-order valence-electron chi connectivity index (χ3n) is 4.80. The molecule has 0 bridgehead atoms. The van der Waals surface area contributed by atoms with Crippen LogP contribution in [0.15, 0.2) is 72.8 Å². The van der Waals surface area contributed by atoms with Crippen LogP contribution in [0, 0.1) is 11.8 Å². The standard InChI is InChI=1S/C20H16O3/c21-19-17-15(13-7-3-1-4-8-13)11-12-16(18(17)20(22)23-19)14-9-5-2-6-10-14/h1-12,15-18H/t15-,16+,17-,18+. The highest BCUT2D eigenvalue weighted by Gasteiger charge is 2.53. The molecule has 0 amide bonds. The van der Waals surface area contributed by atoms with Crippen molar-refractivity contribution in [3.63, 3.8) is 0 Å². The van der Waals surface area contributed by atoms with Gasteiger partial charge in [-0.25, -0.2) is 0 Å². The maximum atomic E-state index is 12.3. The minimum atomic E-state index is -0.444.